The van der Waals surface area contributed by atoms with E-state index in [1.54, 1.807) is 17.0 Å². The first-order valence-corrected chi connectivity index (χ1v) is 7.15. The van der Waals surface area contributed by atoms with Gasteiger partial charge in [0.2, 0.25) is 5.91 Å². The Bertz CT molecular complexity index is 685. The van der Waals surface area contributed by atoms with Crippen LogP contribution in [-0.4, -0.2) is 30.2 Å². The highest BCUT2D eigenvalue weighted by Gasteiger charge is 2.06. The molecular weight excluding hydrogens is 262 g/mol. The fourth-order valence-corrected chi connectivity index (χ4v) is 2.40. The minimum absolute atomic E-state index is 0.00328. The molecule has 0 heterocycles. The predicted octanol–water partition coefficient (Wildman–Crippen LogP) is 3.53. The van der Waals surface area contributed by atoms with Crippen molar-refractivity contribution in [3.05, 3.63) is 53.6 Å². The van der Waals surface area contributed by atoms with E-state index in [0.29, 0.717) is 18.7 Å². The Hall–Kier alpha value is -2.42. The number of aldehydes is 1. The largest absolute Gasteiger partial charge is 0.340 e. The van der Waals surface area contributed by atoms with Crippen molar-refractivity contribution in [2.75, 3.05) is 13.1 Å². The first-order valence-electron chi connectivity index (χ1n) is 7.15. The lowest BCUT2D eigenvalue weighted by Gasteiger charge is -2.16. The minimum atomic E-state index is 0.00328. The third-order valence-electron chi connectivity index (χ3n) is 3.60. The lowest BCUT2D eigenvalue weighted by Crippen LogP contribution is -2.28. The van der Waals surface area contributed by atoms with Gasteiger partial charge in [0.1, 0.15) is 0 Å². The molecule has 0 radical (unpaired) electrons. The number of benzene rings is 2. The van der Waals surface area contributed by atoms with Crippen LogP contribution >= 0.6 is 0 Å². The van der Waals surface area contributed by atoms with Crippen LogP contribution in [0.25, 0.3) is 16.8 Å². The SMILES string of the molecule is CCN(CC)C(=O)C=Cc1ccc(C=O)c2ccccc12. The van der Waals surface area contributed by atoms with Crippen LogP contribution in [0.1, 0.15) is 29.8 Å². The molecule has 0 atom stereocenters. The van der Waals surface area contributed by atoms with E-state index in [1.807, 2.05) is 50.3 Å². The van der Waals surface area contributed by atoms with Crippen LogP contribution in [0.5, 0.6) is 0 Å². The Morgan fingerprint density at radius 3 is 2.14 bits per heavy atom. The summed E-state index contributed by atoms with van der Waals surface area (Å²) in [7, 11) is 0. The maximum Gasteiger partial charge on any atom is 0.246 e. The molecule has 0 aliphatic carbocycles. The molecule has 0 spiro atoms. The number of hydrogen-bond donors (Lipinski definition) is 0. The van der Waals surface area contributed by atoms with Gasteiger partial charge < -0.3 is 4.90 Å². The zero-order valence-corrected chi connectivity index (χ0v) is 12.4. The van der Waals surface area contributed by atoms with Gasteiger partial charge in [-0.15, -0.1) is 0 Å². The maximum absolute atomic E-state index is 12.0. The van der Waals surface area contributed by atoms with Crippen LogP contribution in [-0.2, 0) is 4.79 Å². The number of likely N-dealkylation sites (N-methyl/N-ethyl adjacent to an activating group) is 1. The van der Waals surface area contributed by atoms with Gasteiger partial charge in [-0.3, -0.25) is 9.59 Å². The summed E-state index contributed by atoms with van der Waals surface area (Å²) >= 11 is 0. The van der Waals surface area contributed by atoms with Crippen molar-refractivity contribution in [1.29, 1.82) is 0 Å². The van der Waals surface area contributed by atoms with Crippen molar-refractivity contribution in [3.63, 3.8) is 0 Å². The van der Waals surface area contributed by atoms with Gasteiger partial charge >= 0.3 is 0 Å². The number of hydrogen-bond acceptors (Lipinski definition) is 2. The van der Waals surface area contributed by atoms with Crippen molar-refractivity contribution in [1.82, 2.24) is 4.90 Å². The molecule has 2 aromatic rings. The molecule has 3 nitrogen and oxygen atoms in total. The summed E-state index contributed by atoms with van der Waals surface area (Å²) in [5.41, 5.74) is 1.61. The molecule has 0 aromatic heterocycles. The standard InChI is InChI=1S/C18H19NO2/c1-3-19(4-2)18(21)12-11-14-9-10-15(13-20)17-8-6-5-7-16(14)17/h5-13H,3-4H2,1-2H3. The molecule has 0 bridgehead atoms. The fourth-order valence-electron chi connectivity index (χ4n) is 2.40. The van der Waals surface area contributed by atoms with E-state index in [4.69, 9.17) is 0 Å². The molecule has 0 saturated heterocycles. The zero-order chi connectivity index (χ0) is 15.2. The second-order valence-corrected chi connectivity index (χ2v) is 4.75. The monoisotopic (exact) mass is 281 g/mol. The Kier molecular flexibility index (Phi) is 4.88. The van der Waals surface area contributed by atoms with Crippen LogP contribution in [0.3, 0.4) is 0 Å². The number of fused-ring (bicyclic) bond motifs is 1. The second kappa shape index (κ2) is 6.84. The van der Waals surface area contributed by atoms with Crippen LogP contribution in [0, 0.1) is 0 Å². The Balaban J connectivity index is 2.40. The molecular formula is C18H19NO2. The topological polar surface area (TPSA) is 37.4 Å². The molecule has 108 valence electrons. The lowest BCUT2D eigenvalue weighted by atomic mass is 10.00. The minimum Gasteiger partial charge on any atom is -0.340 e. The van der Waals surface area contributed by atoms with E-state index in [-0.39, 0.29) is 5.91 Å². The maximum atomic E-state index is 12.0. The summed E-state index contributed by atoms with van der Waals surface area (Å²) in [5, 5.41) is 1.88. The summed E-state index contributed by atoms with van der Waals surface area (Å²) in [6, 6.07) is 11.4. The highest BCUT2D eigenvalue weighted by molar-refractivity contribution is 6.03. The fraction of sp³-hybridized carbons (Fsp3) is 0.222. The molecule has 0 unspecified atom stereocenters. The van der Waals surface area contributed by atoms with E-state index in [2.05, 4.69) is 0 Å². The van der Waals surface area contributed by atoms with Gasteiger partial charge in [0.05, 0.1) is 0 Å². The van der Waals surface area contributed by atoms with Gasteiger partial charge in [-0.05, 0) is 36.3 Å². The molecule has 0 N–H and O–H groups in total. The normalized spacial score (nSPS) is 11.0. The quantitative estimate of drug-likeness (QED) is 0.621. The number of nitrogens with zero attached hydrogens (tertiary/aromatic N) is 1. The van der Waals surface area contributed by atoms with Crippen molar-refractivity contribution >= 4 is 29.0 Å². The average Bonchev–Trinajstić information content (AvgIpc) is 2.53. The van der Waals surface area contributed by atoms with Gasteiger partial charge in [-0.1, -0.05) is 36.4 Å². The van der Waals surface area contributed by atoms with Crippen LogP contribution in [0.2, 0.25) is 0 Å². The average molecular weight is 281 g/mol. The molecule has 0 aliphatic heterocycles. The third kappa shape index (κ3) is 3.19. The summed E-state index contributed by atoms with van der Waals surface area (Å²) in [4.78, 5) is 24.9. The van der Waals surface area contributed by atoms with E-state index in [9.17, 15) is 9.59 Å². The zero-order valence-electron chi connectivity index (χ0n) is 12.4. The number of carbonyl (C=O) groups excluding carboxylic acids is 2. The summed E-state index contributed by atoms with van der Waals surface area (Å²) in [6.45, 7) is 5.32. The van der Waals surface area contributed by atoms with Gasteiger partial charge in [-0.2, -0.15) is 0 Å². The van der Waals surface area contributed by atoms with Gasteiger partial charge in [0, 0.05) is 24.7 Å². The highest BCUT2D eigenvalue weighted by atomic mass is 16.2. The van der Waals surface area contributed by atoms with Gasteiger partial charge in [0.15, 0.2) is 6.29 Å². The van der Waals surface area contributed by atoms with E-state index >= 15 is 0 Å². The molecule has 0 saturated carbocycles. The van der Waals surface area contributed by atoms with Gasteiger partial charge in [-0.25, -0.2) is 0 Å². The summed E-state index contributed by atoms with van der Waals surface area (Å²) < 4.78 is 0. The molecule has 2 rings (SSSR count). The summed E-state index contributed by atoms with van der Waals surface area (Å²) in [6.07, 6.45) is 4.27. The van der Waals surface area contributed by atoms with Crippen LogP contribution < -0.4 is 0 Å². The van der Waals surface area contributed by atoms with Crippen molar-refractivity contribution in [2.45, 2.75) is 13.8 Å². The molecule has 1 amide bonds. The van der Waals surface area contributed by atoms with Crippen molar-refractivity contribution in [2.24, 2.45) is 0 Å². The number of amides is 1. The predicted molar refractivity (Wildman–Crippen MR) is 86.3 cm³/mol. The van der Waals surface area contributed by atoms with Crippen molar-refractivity contribution in [3.8, 4) is 0 Å². The first kappa shape index (κ1) is 15.0. The lowest BCUT2D eigenvalue weighted by molar-refractivity contribution is -0.125. The van der Waals surface area contributed by atoms with E-state index < -0.39 is 0 Å². The Morgan fingerprint density at radius 2 is 1.57 bits per heavy atom. The molecule has 2 aromatic carbocycles. The molecule has 0 aliphatic rings. The number of rotatable bonds is 5. The Morgan fingerprint density at radius 1 is 1.00 bits per heavy atom. The molecule has 0 fully saturated rings. The first-order chi connectivity index (χ1) is 10.2. The van der Waals surface area contributed by atoms with E-state index in [0.717, 1.165) is 22.6 Å². The van der Waals surface area contributed by atoms with Crippen LogP contribution in [0.15, 0.2) is 42.5 Å². The third-order valence-corrected chi connectivity index (χ3v) is 3.60. The van der Waals surface area contributed by atoms with Crippen molar-refractivity contribution < 1.29 is 9.59 Å². The molecule has 21 heavy (non-hydrogen) atoms. The van der Waals surface area contributed by atoms with Gasteiger partial charge in [0.25, 0.3) is 0 Å². The number of carbonyl (C=O) groups is 2. The Labute approximate surface area is 124 Å². The second-order valence-electron chi connectivity index (χ2n) is 4.75. The smallest absolute Gasteiger partial charge is 0.246 e. The van der Waals surface area contributed by atoms with Crippen LogP contribution in [0.4, 0.5) is 0 Å². The van der Waals surface area contributed by atoms with E-state index in [1.165, 1.54) is 0 Å². The highest BCUT2D eigenvalue weighted by Crippen LogP contribution is 2.23. The molecule has 3 heteroatoms. The summed E-state index contributed by atoms with van der Waals surface area (Å²) in [5.74, 6) is 0.00328.